The Morgan fingerprint density at radius 1 is 1.05 bits per heavy atom. The summed E-state index contributed by atoms with van der Waals surface area (Å²) in [5.74, 6) is 1.11. The molecule has 1 aliphatic rings. The minimum absolute atomic E-state index is 0.0517. The van der Waals surface area contributed by atoms with Crippen molar-refractivity contribution in [3.05, 3.63) is 0 Å². The van der Waals surface area contributed by atoms with Crippen LogP contribution < -0.4 is 16.4 Å². The third-order valence-corrected chi connectivity index (χ3v) is 4.08. The van der Waals surface area contributed by atoms with Crippen LogP contribution in [0.2, 0.25) is 0 Å². The lowest BCUT2D eigenvalue weighted by Gasteiger charge is -2.27. The standard InChI is InChI=1S/C15H29N3O3/c1-21-9-8-18-14(19)6-7-17-15(20)10-12-2-4-13(11-16)5-3-12/h12-13H,2-11,16H2,1H3,(H,17,20)(H,18,19). The lowest BCUT2D eigenvalue weighted by atomic mass is 9.80. The molecule has 1 fully saturated rings. The molecule has 0 aliphatic heterocycles. The second-order valence-corrected chi connectivity index (χ2v) is 5.77. The molecule has 0 atom stereocenters. The summed E-state index contributed by atoms with van der Waals surface area (Å²) in [6.07, 6.45) is 5.34. The third kappa shape index (κ3) is 8.02. The van der Waals surface area contributed by atoms with E-state index in [1.54, 1.807) is 7.11 Å². The van der Waals surface area contributed by atoms with E-state index in [0.717, 1.165) is 32.2 Å². The van der Waals surface area contributed by atoms with E-state index >= 15 is 0 Å². The van der Waals surface area contributed by atoms with Crippen LogP contribution in [-0.4, -0.2) is 45.2 Å². The number of hydrogen-bond acceptors (Lipinski definition) is 4. The molecule has 0 aromatic carbocycles. The molecule has 0 unspecified atom stereocenters. The Kier molecular flexibility index (Phi) is 9.01. The molecule has 1 aliphatic carbocycles. The molecule has 0 saturated heterocycles. The average molecular weight is 299 g/mol. The normalized spacial score (nSPS) is 21.8. The third-order valence-electron chi connectivity index (χ3n) is 4.08. The maximum absolute atomic E-state index is 11.8. The van der Waals surface area contributed by atoms with Crippen LogP contribution in [0.4, 0.5) is 0 Å². The highest BCUT2D eigenvalue weighted by molar-refractivity contribution is 5.79. The Hall–Kier alpha value is -1.14. The van der Waals surface area contributed by atoms with Gasteiger partial charge in [0.05, 0.1) is 6.61 Å². The average Bonchev–Trinajstić information content (AvgIpc) is 2.48. The van der Waals surface area contributed by atoms with Gasteiger partial charge < -0.3 is 21.1 Å². The fourth-order valence-electron chi connectivity index (χ4n) is 2.70. The zero-order chi connectivity index (χ0) is 15.5. The molecule has 6 nitrogen and oxygen atoms in total. The van der Waals surface area contributed by atoms with Crippen LogP contribution in [0.3, 0.4) is 0 Å². The van der Waals surface area contributed by atoms with Crippen molar-refractivity contribution in [1.82, 2.24) is 10.6 Å². The first-order chi connectivity index (χ1) is 10.2. The van der Waals surface area contributed by atoms with Gasteiger partial charge in [-0.3, -0.25) is 9.59 Å². The Balaban J connectivity index is 2.05. The maximum atomic E-state index is 11.8. The largest absolute Gasteiger partial charge is 0.383 e. The molecule has 0 radical (unpaired) electrons. The van der Waals surface area contributed by atoms with Crippen LogP contribution >= 0.6 is 0 Å². The van der Waals surface area contributed by atoms with E-state index in [0.29, 0.717) is 44.4 Å². The summed E-state index contributed by atoms with van der Waals surface area (Å²) in [7, 11) is 1.59. The molecule has 0 bridgehead atoms. The number of ether oxygens (including phenoxy) is 1. The lowest BCUT2D eigenvalue weighted by Crippen LogP contribution is -2.33. The van der Waals surface area contributed by atoms with Gasteiger partial charge in [-0.1, -0.05) is 0 Å². The summed E-state index contributed by atoms with van der Waals surface area (Å²) in [4.78, 5) is 23.2. The highest BCUT2D eigenvalue weighted by atomic mass is 16.5. The van der Waals surface area contributed by atoms with E-state index in [4.69, 9.17) is 10.5 Å². The number of methoxy groups -OCH3 is 1. The zero-order valence-electron chi connectivity index (χ0n) is 13.0. The predicted molar refractivity (Wildman–Crippen MR) is 81.6 cm³/mol. The van der Waals surface area contributed by atoms with Gasteiger partial charge >= 0.3 is 0 Å². The van der Waals surface area contributed by atoms with Gasteiger partial charge in [0.25, 0.3) is 0 Å². The summed E-state index contributed by atoms with van der Waals surface area (Å²) < 4.78 is 4.84. The fraction of sp³-hybridized carbons (Fsp3) is 0.867. The van der Waals surface area contributed by atoms with Gasteiger partial charge in [-0.25, -0.2) is 0 Å². The van der Waals surface area contributed by atoms with Crippen molar-refractivity contribution < 1.29 is 14.3 Å². The van der Waals surface area contributed by atoms with Crippen molar-refractivity contribution >= 4 is 11.8 Å². The second-order valence-electron chi connectivity index (χ2n) is 5.77. The summed E-state index contributed by atoms with van der Waals surface area (Å²) in [6.45, 7) is 2.17. The molecule has 2 amide bonds. The SMILES string of the molecule is COCCNC(=O)CCNC(=O)CC1CCC(CN)CC1. The van der Waals surface area contributed by atoms with E-state index in [-0.39, 0.29) is 11.8 Å². The quantitative estimate of drug-likeness (QED) is 0.538. The first-order valence-electron chi connectivity index (χ1n) is 7.88. The Labute approximate surface area is 127 Å². The van der Waals surface area contributed by atoms with Crippen LogP contribution in [-0.2, 0) is 14.3 Å². The van der Waals surface area contributed by atoms with Crippen LogP contribution in [0.5, 0.6) is 0 Å². The van der Waals surface area contributed by atoms with E-state index in [2.05, 4.69) is 10.6 Å². The van der Waals surface area contributed by atoms with Gasteiger partial charge in [-0.15, -0.1) is 0 Å². The molecule has 0 aromatic heterocycles. The highest BCUT2D eigenvalue weighted by Gasteiger charge is 2.22. The van der Waals surface area contributed by atoms with Crippen molar-refractivity contribution in [2.75, 3.05) is 33.4 Å². The molecule has 1 rings (SSSR count). The number of carbonyl (C=O) groups is 2. The van der Waals surface area contributed by atoms with E-state index in [9.17, 15) is 9.59 Å². The Bertz CT molecular complexity index is 315. The molecule has 0 spiro atoms. The Morgan fingerprint density at radius 3 is 2.29 bits per heavy atom. The maximum Gasteiger partial charge on any atom is 0.221 e. The number of carbonyl (C=O) groups excluding carboxylic acids is 2. The highest BCUT2D eigenvalue weighted by Crippen LogP contribution is 2.29. The van der Waals surface area contributed by atoms with Crippen molar-refractivity contribution in [3.8, 4) is 0 Å². The molecule has 1 saturated carbocycles. The predicted octanol–water partition coefficient (Wildman–Crippen LogP) is 0.411. The van der Waals surface area contributed by atoms with Crippen molar-refractivity contribution in [3.63, 3.8) is 0 Å². The first-order valence-corrected chi connectivity index (χ1v) is 7.88. The van der Waals surface area contributed by atoms with Crippen molar-refractivity contribution in [2.45, 2.75) is 38.5 Å². The molecule has 6 heteroatoms. The number of nitrogens with two attached hydrogens (primary N) is 1. The molecule has 122 valence electrons. The van der Waals surface area contributed by atoms with E-state index in [1.165, 1.54) is 0 Å². The second kappa shape index (κ2) is 10.6. The molecule has 0 heterocycles. The molecule has 0 aromatic rings. The Morgan fingerprint density at radius 2 is 1.67 bits per heavy atom. The summed E-state index contributed by atoms with van der Waals surface area (Å²) in [6, 6.07) is 0. The lowest BCUT2D eigenvalue weighted by molar-refractivity contribution is -0.123. The van der Waals surface area contributed by atoms with Gasteiger partial charge in [0.15, 0.2) is 0 Å². The van der Waals surface area contributed by atoms with Gasteiger partial charge in [-0.05, 0) is 44.1 Å². The number of rotatable bonds is 9. The minimum atomic E-state index is -0.0594. The monoisotopic (exact) mass is 299 g/mol. The number of nitrogens with one attached hydrogen (secondary N) is 2. The van der Waals surface area contributed by atoms with Crippen LogP contribution in [0, 0.1) is 11.8 Å². The zero-order valence-corrected chi connectivity index (χ0v) is 13.0. The fourth-order valence-corrected chi connectivity index (χ4v) is 2.70. The number of amides is 2. The van der Waals surface area contributed by atoms with Gasteiger partial charge in [-0.2, -0.15) is 0 Å². The van der Waals surface area contributed by atoms with Crippen LogP contribution in [0.25, 0.3) is 0 Å². The molecule has 21 heavy (non-hydrogen) atoms. The van der Waals surface area contributed by atoms with Gasteiger partial charge in [0.1, 0.15) is 0 Å². The van der Waals surface area contributed by atoms with Crippen molar-refractivity contribution in [1.29, 1.82) is 0 Å². The number of hydrogen-bond donors (Lipinski definition) is 3. The smallest absolute Gasteiger partial charge is 0.221 e. The van der Waals surface area contributed by atoms with Crippen LogP contribution in [0.1, 0.15) is 38.5 Å². The van der Waals surface area contributed by atoms with Gasteiger partial charge in [0, 0.05) is 33.0 Å². The first kappa shape index (κ1) is 17.9. The van der Waals surface area contributed by atoms with E-state index in [1.807, 2.05) is 0 Å². The van der Waals surface area contributed by atoms with Crippen molar-refractivity contribution in [2.24, 2.45) is 17.6 Å². The molecular weight excluding hydrogens is 270 g/mol. The molecular formula is C15H29N3O3. The van der Waals surface area contributed by atoms with Crippen LogP contribution in [0.15, 0.2) is 0 Å². The molecule has 4 N–H and O–H groups in total. The summed E-state index contributed by atoms with van der Waals surface area (Å²) >= 11 is 0. The summed E-state index contributed by atoms with van der Waals surface area (Å²) in [5, 5.41) is 5.54. The minimum Gasteiger partial charge on any atom is -0.383 e. The van der Waals surface area contributed by atoms with Gasteiger partial charge in [0.2, 0.25) is 11.8 Å². The topological polar surface area (TPSA) is 93.5 Å². The van der Waals surface area contributed by atoms with E-state index < -0.39 is 0 Å². The summed E-state index contributed by atoms with van der Waals surface area (Å²) in [5.41, 5.74) is 5.66.